The second kappa shape index (κ2) is 5.27. The Morgan fingerprint density at radius 2 is 2.12 bits per heavy atom. The number of carbonyl (C=O) groups is 1. The Hall–Kier alpha value is -0.750. The minimum Gasteiger partial charge on any atom is -0.288 e. The van der Waals surface area contributed by atoms with Crippen LogP contribution in [0.25, 0.3) is 0 Å². The summed E-state index contributed by atoms with van der Waals surface area (Å²) in [6.07, 6.45) is 0.929. The van der Waals surface area contributed by atoms with E-state index in [1.165, 1.54) is 28.3 Å². The molecular formula is C13H10FIOS. The monoisotopic (exact) mass is 360 g/mol. The van der Waals surface area contributed by atoms with E-state index in [1.54, 1.807) is 6.07 Å². The van der Waals surface area contributed by atoms with E-state index in [0.717, 1.165) is 6.42 Å². The Morgan fingerprint density at radius 3 is 2.71 bits per heavy atom. The van der Waals surface area contributed by atoms with Crippen LogP contribution in [0.15, 0.2) is 30.3 Å². The minimum absolute atomic E-state index is 0.0286. The number of hydrogen-bond donors (Lipinski definition) is 0. The topological polar surface area (TPSA) is 17.1 Å². The summed E-state index contributed by atoms with van der Waals surface area (Å²) in [5.41, 5.74) is 0.566. The van der Waals surface area contributed by atoms with Gasteiger partial charge >= 0.3 is 0 Å². The second-order valence-corrected chi connectivity index (χ2v) is 5.90. The second-order valence-electron chi connectivity index (χ2n) is 3.57. The van der Waals surface area contributed by atoms with Crippen LogP contribution in [0.3, 0.4) is 0 Å². The van der Waals surface area contributed by atoms with Crippen LogP contribution in [0.5, 0.6) is 0 Å². The summed E-state index contributed by atoms with van der Waals surface area (Å²) in [5, 5.41) is 0. The first-order chi connectivity index (χ1) is 8.11. The highest BCUT2D eigenvalue weighted by Gasteiger charge is 2.14. The van der Waals surface area contributed by atoms with Crippen LogP contribution in [0.4, 0.5) is 4.39 Å². The number of rotatable bonds is 3. The predicted molar refractivity (Wildman–Crippen MR) is 76.2 cm³/mol. The van der Waals surface area contributed by atoms with Crippen molar-refractivity contribution >= 4 is 39.7 Å². The average molecular weight is 360 g/mol. The lowest BCUT2D eigenvalue weighted by atomic mass is 10.1. The third kappa shape index (κ3) is 2.74. The first kappa shape index (κ1) is 12.7. The lowest BCUT2D eigenvalue weighted by molar-refractivity contribution is 0.104. The van der Waals surface area contributed by atoms with E-state index in [2.05, 4.69) is 6.92 Å². The molecule has 0 N–H and O–H groups in total. The third-order valence-corrected chi connectivity index (χ3v) is 4.53. The molecule has 1 aromatic carbocycles. The van der Waals surface area contributed by atoms with Gasteiger partial charge in [-0.1, -0.05) is 6.92 Å². The fourth-order valence-electron chi connectivity index (χ4n) is 1.50. The summed E-state index contributed by atoms with van der Waals surface area (Å²) >= 11 is 3.49. The fraction of sp³-hybridized carbons (Fsp3) is 0.154. The fourth-order valence-corrected chi connectivity index (χ4v) is 3.12. The van der Waals surface area contributed by atoms with Gasteiger partial charge in [-0.3, -0.25) is 4.79 Å². The molecule has 0 aliphatic carbocycles. The van der Waals surface area contributed by atoms with E-state index in [9.17, 15) is 9.18 Å². The first-order valence-electron chi connectivity index (χ1n) is 5.20. The number of ketones is 1. The van der Waals surface area contributed by atoms with Gasteiger partial charge in [0.15, 0.2) is 0 Å². The van der Waals surface area contributed by atoms with Crippen molar-refractivity contribution in [2.24, 2.45) is 0 Å². The normalized spacial score (nSPS) is 10.5. The van der Waals surface area contributed by atoms with Gasteiger partial charge in [-0.2, -0.15) is 0 Å². The van der Waals surface area contributed by atoms with Crippen molar-refractivity contribution in [3.05, 3.63) is 55.0 Å². The van der Waals surface area contributed by atoms with Gasteiger partial charge in [-0.15, -0.1) is 11.3 Å². The molecule has 0 radical (unpaired) electrons. The van der Waals surface area contributed by atoms with Crippen LogP contribution in [-0.4, -0.2) is 5.78 Å². The Kier molecular flexibility index (Phi) is 3.93. The predicted octanol–water partition coefficient (Wildman–Crippen LogP) is 4.29. The van der Waals surface area contributed by atoms with Crippen LogP contribution in [0, 0.1) is 9.39 Å². The molecule has 4 heteroatoms. The number of halogens is 2. The quantitative estimate of drug-likeness (QED) is 0.590. The molecule has 0 atom stereocenters. The Morgan fingerprint density at radius 1 is 1.35 bits per heavy atom. The van der Waals surface area contributed by atoms with Crippen molar-refractivity contribution in [3.8, 4) is 0 Å². The molecule has 0 saturated carbocycles. The number of aryl methyl sites for hydroxylation is 1. The van der Waals surface area contributed by atoms with Crippen molar-refractivity contribution in [2.45, 2.75) is 13.3 Å². The Labute approximate surface area is 117 Å². The highest BCUT2D eigenvalue weighted by atomic mass is 127. The summed E-state index contributed by atoms with van der Waals surface area (Å²) in [7, 11) is 0. The van der Waals surface area contributed by atoms with E-state index >= 15 is 0 Å². The molecule has 1 heterocycles. The van der Waals surface area contributed by atoms with Crippen LogP contribution in [-0.2, 0) is 6.42 Å². The maximum absolute atomic E-state index is 13.0. The third-order valence-electron chi connectivity index (χ3n) is 2.41. The smallest absolute Gasteiger partial charge is 0.204 e. The SMILES string of the molecule is CCc1ccc(C(=O)c2ccc(F)cc2I)s1. The van der Waals surface area contributed by atoms with Gasteiger partial charge in [0.25, 0.3) is 0 Å². The summed E-state index contributed by atoms with van der Waals surface area (Å²) in [4.78, 5) is 14.1. The lowest BCUT2D eigenvalue weighted by Crippen LogP contribution is -2.01. The van der Waals surface area contributed by atoms with Crippen LogP contribution in [0.1, 0.15) is 27.0 Å². The van der Waals surface area contributed by atoms with Gasteiger partial charge in [-0.25, -0.2) is 4.39 Å². The minimum atomic E-state index is -0.314. The number of benzene rings is 1. The molecule has 0 bridgehead atoms. The molecule has 0 amide bonds. The zero-order chi connectivity index (χ0) is 12.4. The van der Waals surface area contributed by atoms with Gasteiger partial charge in [0, 0.05) is 14.0 Å². The van der Waals surface area contributed by atoms with Gasteiger partial charge in [-0.05, 0) is 59.3 Å². The molecule has 0 unspecified atom stereocenters. The summed E-state index contributed by atoms with van der Waals surface area (Å²) in [5.74, 6) is -0.342. The molecule has 17 heavy (non-hydrogen) atoms. The number of hydrogen-bond acceptors (Lipinski definition) is 2. The molecule has 0 saturated heterocycles. The molecule has 0 aliphatic heterocycles. The van der Waals surface area contributed by atoms with E-state index in [4.69, 9.17) is 0 Å². The molecule has 1 aromatic heterocycles. The largest absolute Gasteiger partial charge is 0.288 e. The lowest BCUT2D eigenvalue weighted by Gasteiger charge is -2.01. The highest BCUT2D eigenvalue weighted by Crippen LogP contribution is 2.23. The zero-order valence-electron chi connectivity index (χ0n) is 9.17. The van der Waals surface area contributed by atoms with Gasteiger partial charge < -0.3 is 0 Å². The Bertz CT molecular complexity index is 562. The number of thiophene rings is 1. The number of carbonyl (C=O) groups excluding carboxylic acids is 1. The van der Waals surface area contributed by atoms with Crippen molar-refractivity contribution in [3.63, 3.8) is 0 Å². The molecule has 2 rings (SSSR count). The molecular weight excluding hydrogens is 350 g/mol. The van der Waals surface area contributed by atoms with Crippen molar-refractivity contribution < 1.29 is 9.18 Å². The Balaban J connectivity index is 2.36. The standard InChI is InChI=1S/C13H10FIOS/c1-2-9-4-6-12(17-9)13(16)10-5-3-8(14)7-11(10)15/h3-7H,2H2,1H3. The first-order valence-corrected chi connectivity index (χ1v) is 7.09. The van der Waals surface area contributed by atoms with Crippen molar-refractivity contribution in [1.82, 2.24) is 0 Å². The zero-order valence-corrected chi connectivity index (χ0v) is 12.1. The molecule has 88 valence electrons. The van der Waals surface area contributed by atoms with Crippen LogP contribution >= 0.6 is 33.9 Å². The molecule has 0 spiro atoms. The van der Waals surface area contributed by atoms with E-state index < -0.39 is 0 Å². The van der Waals surface area contributed by atoms with E-state index in [-0.39, 0.29) is 11.6 Å². The highest BCUT2D eigenvalue weighted by molar-refractivity contribution is 14.1. The van der Waals surface area contributed by atoms with Crippen LogP contribution < -0.4 is 0 Å². The van der Waals surface area contributed by atoms with Gasteiger partial charge in [0.05, 0.1) is 4.88 Å². The van der Waals surface area contributed by atoms with Crippen LogP contribution in [0.2, 0.25) is 0 Å². The summed E-state index contributed by atoms with van der Waals surface area (Å²) in [6.45, 7) is 2.06. The van der Waals surface area contributed by atoms with Crippen molar-refractivity contribution in [1.29, 1.82) is 0 Å². The molecule has 2 aromatic rings. The molecule has 0 fully saturated rings. The van der Waals surface area contributed by atoms with E-state index in [0.29, 0.717) is 14.0 Å². The molecule has 0 aliphatic rings. The summed E-state index contributed by atoms with van der Waals surface area (Å²) < 4.78 is 13.6. The van der Waals surface area contributed by atoms with Crippen molar-refractivity contribution in [2.75, 3.05) is 0 Å². The molecule has 1 nitrogen and oxygen atoms in total. The maximum Gasteiger partial charge on any atom is 0.204 e. The van der Waals surface area contributed by atoms with E-state index in [1.807, 2.05) is 34.7 Å². The van der Waals surface area contributed by atoms with Gasteiger partial charge in [0.1, 0.15) is 5.82 Å². The van der Waals surface area contributed by atoms with Gasteiger partial charge in [0.2, 0.25) is 5.78 Å². The average Bonchev–Trinajstić information content (AvgIpc) is 2.76. The maximum atomic E-state index is 13.0. The summed E-state index contributed by atoms with van der Waals surface area (Å²) in [6, 6.07) is 8.05.